The van der Waals surface area contributed by atoms with Crippen molar-refractivity contribution in [3.05, 3.63) is 0 Å². The molecule has 0 amide bonds. The molecule has 0 saturated carbocycles. The summed E-state index contributed by atoms with van der Waals surface area (Å²) < 4.78 is 46.1. The van der Waals surface area contributed by atoms with Crippen molar-refractivity contribution in [1.29, 1.82) is 0 Å². The lowest BCUT2D eigenvalue weighted by molar-refractivity contribution is 0.138. The van der Waals surface area contributed by atoms with Crippen LogP contribution in [0.1, 0.15) is 98.8 Å². The van der Waals surface area contributed by atoms with Gasteiger partial charge in [-0.2, -0.15) is 0 Å². The fourth-order valence-corrected chi connectivity index (χ4v) is 3.83. The molecular weight excluding hydrogens is 656 g/mol. The van der Waals surface area contributed by atoms with Crippen LogP contribution in [0.4, 0.5) is 0 Å². The minimum Gasteiger partial charge on any atom is -0.451 e. The molecule has 3 aliphatic rings. The van der Waals surface area contributed by atoms with Crippen LogP contribution in [0.5, 0.6) is 0 Å². The molecule has 10 nitrogen and oxygen atoms in total. The van der Waals surface area contributed by atoms with Crippen LogP contribution in [0.25, 0.3) is 0 Å². The van der Waals surface area contributed by atoms with Gasteiger partial charge in [0.25, 0.3) is 27.7 Å². The second-order valence-electron chi connectivity index (χ2n) is 13.5. The largest absolute Gasteiger partial charge is 0.453 e. The van der Waals surface area contributed by atoms with Crippen LogP contribution < -0.4 is 0 Å². The minimum absolute atomic E-state index is 0. The zero-order valence-corrected chi connectivity index (χ0v) is 36.3. The average Bonchev–Trinajstić information content (AvgIpc) is 3.41. The lowest BCUT2D eigenvalue weighted by atomic mass is 9.75. The molecule has 3 saturated heterocycles. The van der Waals surface area contributed by atoms with Crippen LogP contribution in [0.3, 0.4) is 0 Å². The van der Waals surface area contributed by atoms with Gasteiger partial charge in [-0.25, -0.2) is 0 Å². The molecule has 0 unspecified atom stereocenters. The molecular formula is C35H87B7O10. The van der Waals surface area contributed by atoms with Gasteiger partial charge in [-0.3, -0.25) is 0 Å². The van der Waals surface area contributed by atoms with E-state index < -0.39 is 0 Å². The molecule has 0 aromatic rings. The van der Waals surface area contributed by atoms with Crippen LogP contribution in [-0.4, -0.2) is 114 Å². The maximum absolute atomic E-state index is 8.06. The summed E-state index contributed by atoms with van der Waals surface area (Å²) in [5, 5.41) is 8.06. The third-order valence-electron chi connectivity index (χ3n) is 6.42. The molecule has 0 bridgehead atoms. The van der Waals surface area contributed by atoms with Crippen molar-refractivity contribution in [2.24, 2.45) is 0 Å². The Kier molecular flexibility index (Phi) is 60.2. The Labute approximate surface area is 328 Å². The van der Waals surface area contributed by atoms with Gasteiger partial charge in [-0.15, -0.1) is 0 Å². The summed E-state index contributed by atoms with van der Waals surface area (Å²) >= 11 is 0. The fourth-order valence-electron chi connectivity index (χ4n) is 3.83. The van der Waals surface area contributed by atoms with E-state index in [1.54, 1.807) is 13.6 Å². The normalized spacial score (nSPS) is 14.5. The van der Waals surface area contributed by atoms with Crippen molar-refractivity contribution < 1.29 is 46.9 Å². The lowest BCUT2D eigenvalue weighted by Crippen LogP contribution is -2.25. The third kappa shape index (κ3) is 71.5. The van der Waals surface area contributed by atoms with Gasteiger partial charge in [0, 0.05) is 46.2 Å². The summed E-state index contributed by atoms with van der Waals surface area (Å²) in [4.78, 5) is 0. The van der Waals surface area contributed by atoms with E-state index in [4.69, 9.17) is 46.9 Å². The average molecular weight is 744 g/mol. The maximum atomic E-state index is 8.06. The van der Waals surface area contributed by atoms with E-state index in [1.165, 1.54) is 51.4 Å². The van der Waals surface area contributed by atoms with E-state index >= 15 is 0 Å². The standard InChI is InChI=1S/C10H23BO.C6H15BO.C5H11BO2.C4H9BO2.C4H11BO.C3H7BO2.C2H7BO.CH4/c1-4-5-6-7-8-9-10-12-11(2)3;1-4-5-6-8-7(2)3;1-6-7-4-2-3-5-8-6;1-5-6-3-2-4-7-5;1-4-6-5(2)3;1-4-5-2-3-6-4;1-3(2)4;/h4-10H2,1-3H3;4-6H2,1-3H3;2-5H2,1H3;2-4H2,1H3;4H2,1-3H3;2-3H2,1H3;4H,1-2H3;1H4. The summed E-state index contributed by atoms with van der Waals surface area (Å²) in [6.45, 7) is 36.7. The van der Waals surface area contributed by atoms with Crippen molar-refractivity contribution in [3.8, 4) is 0 Å². The molecule has 52 heavy (non-hydrogen) atoms. The second kappa shape index (κ2) is 51.1. The highest BCUT2D eigenvalue weighted by molar-refractivity contribution is 6.49. The molecule has 0 aromatic carbocycles. The quantitative estimate of drug-likeness (QED) is 0.137. The Morgan fingerprint density at radius 3 is 1.04 bits per heavy atom. The molecule has 0 atom stereocenters. The smallest absolute Gasteiger partial charge is 0.451 e. The molecule has 17 heteroatoms. The van der Waals surface area contributed by atoms with Gasteiger partial charge in [0.1, 0.15) is 0 Å². The molecule has 3 aliphatic heterocycles. The van der Waals surface area contributed by atoms with Gasteiger partial charge < -0.3 is 46.9 Å². The molecule has 3 heterocycles. The summed E-state index contributed by atoms with van der Waals surface area (Å²) in [6, 6.07) is 0. The first-order valence-corrected chi connectivity index (χ1v) is 20.4. The predicted molar refractivity (Wildman–Crippen MR) is 235 cm³/mol. The van der Waals surface area contributed by atoms with Crippen LogP contribution in [-0.2, 0) is 41.9 Å². The molecule has 0 aromatic heterocycles. The Balaban J connectivity index is -0.000000168. The molecule has 1 N–H and O–H groups in total. The van der Waals surface area contributed by atoms with E-state index in [-0.39, 0.29) is 35.7 Å². The first kappa shape index (κ1) is 61.3. The van der Waals surface area contributed by atoms with Gasteiger partial charge in [-0.05, 0) is 59.5 Å². The Bertz CT molecular complexity index is 598. The number of unbranched alkanes of at least 4 members (excludes halogenated alkanes) is 6. The lowest BCUT2D eigenvalue weighted by Gasteiger charge is -2.15. The van der Waals surface area contributed by atoms with Crippen LogP contribution in [0.15, 0.2) is 0 Å². The van der Waals surface area contributed by atoms with Gasteiger partial charge in [0.05, 0.1) is 13.2 Å². The van der Waals surface area contributed by atoms with Crippen LogP contribution in [0, 0.1) is 0 Å². The van der Waals surface area contributed by atoms with Crippen LogP contribution >= 0.6 is 0 Å². The molecule has 0 aliphatic carbocycles. The van der Waals surface area contributed by atoms with Gasteiger partial charge in [0.15, 0.2) is 0 Å². The predicted octanol–water partition coefficient (Wildman–Crippen LogP) is 9.43. The van der Waals surface area contributed by atoms with E-state index in [1.807, 2.05) is 41.0 Å². The summed E-state index contributed by atoms with van der Waals surface area (Å²) in [6.07, 6.45) is 13.8. The Hall–Kier alpha value is 0.0545. The topological polar surface area (TPSA) is 103 Å². The maximum Gasteiger partial charge on any atom is 0.453 e. The van der Waals surface area contributed by atoms with Crippen molar-refractivity contribution in [2.75, 3.05) is 59.5 Å². The Morgan fingerprint density at radius 1 is 0.462 bits per heavy atom. The zero-order valence-electron chi connectivity index (χ0n) is 36.3. The van der Waals surface area contributed by atoms with Gasteiger partial charge in [-0.1, -0.05) is 114 Å². The highest BCUT2D eigenvalue weighted by Crippen LogP contribution is 2.05. The molecule has 3 rings (SSSR count). The van der Waals surface area contributed by atoms with E-state index in [9.17, 15) is 0 Å². The minimum atomic E-state index is -0.167. The van der Waals surface area contributed by atoms with Crippen molar-refractivity contribution in [1.82, 2.24) is 0 Å². The second-order valence-corrected chi connectivity index (χ2v) is 13.5. The van der Waals surface area contributed by atoms with Gasteiger partial charge in [0.2, 0.25) is 0 Å². The van der Waals surface area contributed by atoms with Crippen molar-refractivity contribution in [3.63, 3.8) is 0 Å². The zero-order chi connectivity index (χ0) is 39.5. The fraction of sp³-hybridized carbons (Fsp3) is 1.00. The Morgan fingerprint density at radius 2 is 0.769 bits per heavy atom. The van der Waals surface area contributed by atoms with Crippen LogP contribution in [0.2, 0.25) is 75.1 Å². The van der Waals surface area contributed by atoms with E-state index in [0.29, 0.717) is 20.7 Å². The first-order valence-electron chi connectivity index (χ1n) is 20.4. The van der Waals surface area contributed by atoms with Gasteiger partial charge >= 0.3 is 21.4 Å². The summed E-state index contributed by atoms with van der Waals surface area (Å²) in [7, 11) is 0.108. The van der Waals surface area contributed by atoms with Crippen molar-refractivity contribution >= 4 is 49.0 Å². The number of hydrogen-bond donors (Lipinski definition) is 1. The van der Waals surface area contributed by atoms with Crippen molar-refractivity contribution in [2.45, 2.75) is 174 Å². The molecule has 0 spiro atoms. The molecule has 0 radical (unpaired) electrons. The van der Waals surface area contributed by atoms with E-state index in [2.05, 4.69) is 41.1 Å². The SMILES string of the molecule is C.CB(C)O.CB1OCCCCO1.CB1OCCCO1.CB1OCCO1.CCCCCCCCOB(C)C.CCCCOB(C)C.CCOB(C)C. The summed E-state index contributed by atoms with van der Waals surface area (Å²) in [5.41, 5.74) is 0. The number of hydrogen-bond acceptors (Lipinski definition) is 10. The first-order chi connectivity index (χ1) is 24.2. The molecule has 3 fully saturated rings. The number of rotatable bonds is 14. The third-order valence-corrected chi connectivity index (χ3v) is 6.42. The molecule has 308 valence electrons. The van der Waals surface area contributed by atoms with E-state index in [0.717, 1.165) is 78.7 Å². The monoisotopic (exact) mass is 745 g/mol. The highest BCUT2D eigenvalue weighted by Gasteiger charge is 2.15. The highest BCUT2D eigenvalue weighted by atomic mass is 16.6. The summed E-state index contributed by atoms with van der Waals surface area (Å²) in [5.74, 6) is 0.